The molecule has 25 heavy (non-hydrogen) atoms. The molecule has 0 atom stereocenters. The number of amides is 3. The van der Waals surface area contributed by atoms with E-state index in [1.54, 1.807) is 0 Å². The Morgan fingerprint density at radius 1 is 0.520 bits per heavy atom. The molecule has 0 saturated carbocycles. The maximum absolute atomic E-state index is 12.5. The number of nitrogens with zero attached hydrogens (tertiary/aromatic N) is 3. The van der Waals surface area contributed by atoms with Crippen molar-refractivity contribution in [3.63, 3.8) is 0 Å². The molecule has 0 aromatic carbocycles. The van der Waals surface area contributed by atoms with E-state index in [1.807, 2.05) is 56.2 Å². The van der Waals surface area contributed by atoms with Gasteiger partial charge < -0.3 is 0 Å². The summed E-state index contributed by atoms with van der Waals surface area (Å²) in [7, 11) is 0. The number of carbonyl (C=O) groups is 3. The summed E-state index contributed by atoms with van der Waals surface area (Å²) in [5.74, 6) is 0.340. The third-order valence-corrected chi connectivity index (χ3v) is 12.8. The predicted molar refractivity (Wildman–Crippen MR) is 104 cm³/mol. The first kappa shape index (κ1) is 24.3. The van der Waals surface area contributed by atoms with Gasteiger partial charge in [-0.1, -0.05) is 0 Å². The Hall–Kier alpha value is -0.707. The Labute approximate surface area is 161 Å². The Morgan fingerprint density at radius 2 is 0.720 bits per heavy atom. The molecule has 0 unspecified atom stereocenters. The van der Waals surface area contributed by atoms with Gasteiger partial charge in [0.15, 0.2) is 0 Å². The topological polar surface area (TPSA) is 60.9 Å². The fraction of sp³-hybridized carbons (Fsp3) is 0.833. The van der Waals surface area contributed by atoms with Gasteiger partial charge in [0.2, 0.25) is 0 Å². The third-order valence-electron chi connectivity index (χ3n) is 4.43. The summed E-state index contributed by atoms with van der Waals surface area (Å²) in [4.78, 5) is 43.0. The van der Waals surface area contributed by atoms with Crippen molar-refractivity contribution in [1.29, 1.82) is 0 Å². The molecule has 146 valence electrons. The summed E-state index contributed by atoms with van der Waals surface area (Å²) in [5.41, 5.74) is 0. The van der Waals surface area contributed by atoms with Gasteiger partial charge >= 0.3 is 162 Å². The second-order valence-electron chi connectivity index (χ2n) is 5.84. The van der Waals surface area contributed by atoms with Gasteiger partial charge in [0.25, 0.3) is 0 Å². The fourth-order valence-corrected chi connectivity index (χ4v) is 10.9. The number of hydrogen-bond acceptors (Lipinski definition) is 3. The van der Waals surface area contributed by atoms with Crippen molar-refractivity contribution in [1.82, 2.24) is 14.7 Å². The zero-order valence-corrected chi connectivity index (χ0v) is 20.4. The van der Waals surface area contributed by atoms with Crippen molar-refractivity contribution in [2.45, 2.75) is 53.9 Å². The predicted octanol–water partition coefficient (Wildman–Crippen LogP) is 2.09. The van der Waals surface area contributed by atoms with Gasteiger partial charge in [0.05, 0.1) is 0 Å². The molecule has 0 aromatic heterocycles. The zero-order valence-electron chi connectivity index (χ0n) is 16.9. The standard InChI is InChI=1S/3C6H12NO.Bi/c3*1-4-7(5-2)6(3)8;/h3*3-5H2,1-2H3;. The van der Waals surface area contributed by atoms with E-state index in [-0.39, 0.29) is 17.7 Å². The summed E-state index contributed by atoms with van der Waals surface area (Å²) < 4.78 is 1.37. The molecule has 0 bridgehead atoms. The van der Waals surface area contributed by atoms with Crippen molar-refractivity contribution in [3.05, 3.63) is 0 Å². The minimum atomic E-state index is -2.58. The van der Waals surface area contributed by atoms with E-state index in [9.17, 15) is 14.4 Å². The van der Waals surface area contributed by atoms with Crippen LogP contribution in [0.1, 0.15) is 41.5 Å². The average Bonchev–Trinajstić information content (AvgIpc) is 2.57. The van der Waals surface area contributed by atoms with Crippen molar-refractivity contribution in [2.75, 3.05) is 39.3 Å². The Balaban J connectivity index is 5.12. The van der Waals surface area contributed by atoms with Crippen molar-refractivity contribution in [3.8, 4) is 0 Å². The molecule has 0 spiro atoms. The summed E-state index contributed by atoms with van der Waals surface area (Å²) in [6.45, 7) is 15.9. The van der Waals surface area contributed by atoms with Crippen LogP contribution in [0.3, 0.4) is 0 Å². The van der Waals surface area contributed by atoms with E-state index >= 15 is 0 Å². The maximum atomic E-state index is 12.5. The van der Waals surface area contributed by atoms with Crippen molar-refractivity contribution in [2.24, 2.45) is 0 Å². The zero-order chi connectivity index (χ0) is 19.4. The van der Waals surface area contributed by atoms with Gasteiger partial charge in [-0.25, -0.2) is 0 Å². The molecule has 0 aliphatic carbocycles. The van der Waals surface area contributed by atoms with Crippen LogP contribution in [0.15, 0.2) is 0 Å². The summed E-state index contributed by atoms with van der Waals surface area (Å²) in [5, 5.41) is 0. The molecule has 0 saturated heterocycles. The van der Waals surface area contributed by atoms with Crippen LogP contribution < -0.4 is 0 Å². The van der Waals surface area contributed by atoms with Gasteiger partial charge in [-0.2, -0.15) is 0 Å². The average molecular weight is 551 g/mol. The summed E-state index contributed by atoms with van der Waals surface area (Å²) in [6, 6.07) is 0. The molecule has 0 aliphatic heterocycles. The normalized spacial score (nSPS) is 10.7. The van der Waals surface area contributed by atoms with E-state index in [1.165, 1.54) is 0 Å². The molecular weight excluding hydrogens is 515 g/mol. The molecule has 0 aromatic rings. The molecule has 0 radical (unpaired) electrons. The molecule has 0 aliphatic rings. The number of hydrogen-bond donors (Lipinski definition) is 0. The monoisotopic (exact) mass is 551 g/mol. The molecule has 0 fully saturated rings. The minimum absolute atomic E-state index is 0.113. The van der Waals surface area contributed by atoms with E-state index in [0.29, 0.717) is 51.7 Å². The van der Waals surface area contributed by atoms with Gasteiger partial charge in [-0.15, -0.1) is 0 Å². The first-order valence-corrected chi connectivity index (χ1v) is 16.8. The van der Waals surface area contributed by atoms with Crippen LogP contribution in [0.4, 0.5) is 0 Å². The first-order chi connectivity index (χ1) is 11.9. The second-order valence-corrected chi connectivity index (χ2v) is 14.7. The van der Waals surface area contributed by atoms with Crippen molar-refractivity contribution >= 4 is 39.5 Å². The molecule has 3 amide bonds. The van der Waals surface area contributed by atoms with Crippen LogP contribution >= 0.6 is 0 Å². The molecule has 0 heterocycles. The van der Waals surface area contributed by atoms with Crippen LogP contribution in [0, 0.1) is 0 Å². The van der Waals surface area contributed by atoms with Crippen LogP contribution in [0.5, 0.6) is 0 Å². The Kier molecular flexibility index (Phi) is 13.1. The van der Waals surface area contributed by atoms with Crippen LogP contribution in [0.2, 0.25) is 12.4 Å². The Bertz CT molecular complexity index is 358. The second kappa shape index (κ2) is 13.5. The van der Waals surface area contributed by atoms with Crippen LogP contribution in [-0.2, 0) is 14.4 Å². The molecular formula is C18H36BiN3O3. The molecule has 0 N–H and O–H groups in total. The molecule has 6 nitrogen and oxygen atoms in total. The van der Waals surface area contributed by atoms with Crippen molar-refractivity contribution < 1.29 is 14.4 Å². The third kappa shape index (κ3) is 8.48. The number of rotatable bonds is 12. The van der Waals surface area contributed by atoms with E-state index in [0.717, 1.165) is 0 Å². The quantitative estimate of drug-likeness (QED) is 0.349. The van der Waals surface area contributed by atoms with E-state index < -0.39 is 21.8 Å². The van der Waals surface area contributed by atoms with Gasteiger partial charge in [-0.3, -0.25) is 0 Å². The summed E-state index contributed by atoms with van der Waals surface area (Å²) >= 11 is -2.58. The van der Waals surface area contributed by atoms with E-state index in [2.05, 4.69) is 0 Å². The number of carbonyl (C=O) groups excluding carboxylic acids is 3. The van der Waals surface area contributed by atoms with Gasteiger partial charge in [0, 0.05) is 0 Å². The van der Waals surface area contributed by atoms with Gasteiger partial charge in [-0.05, 0) is 0 Å². The molecule has 0 rings (SSSR count). The summed E-state index contributed by atoms with van der Waals surface area (Å²) in [6.07, 6.45) is 0. The fourth-order valence-electron chi connectivity index (χ4n) is 2.77. The Morgan fingerprint density at radius 3 is 0.880 bits per heavy atom. The molecule has 7 heteroatoms. The first-order valence-electron chi connectivity index (χ1n) is 9.43. The van der Waals surface area contributed by atoms with Crippen LogP contribution in [-0.4, -0.2) is 93.4 Å². The van der Waals surface area contributed by atoms with E-state index in [4.69, 9.17) is 0 Å². The van der Waals surface area contributed by atoms with Gasteiger partial charge in [0.1, 0.15) is 0 Å². The van der Waals surface area contributed by atoms with Crippen LogP contribution in [0.25, 0.3) is 0 Å². The SMILES string of the molecule is CCN(CC)C(=O)[CH2][Bi]([CH2]C(=O)N(CC)CC)[CH2]C(=O)N(CC)CC.